The molecule has 0 aromatic heterocycles. The SMILES string of the molecule is CCCNC1CCC(NC2CC3CCC2C3)CC1. The number of fused-ring (bicyclic) bond motifs is 2. The molecule has 2 bridgehead atoms. The Hall–Kier alpha value is -0.0800. The molecule has 2 nitrogen and oxygen atoms in total. The molecule has 0 aliphatic heterocycles. The van der Waals surface area contributed by atoms with Crippen molar-refractivity contribution in [3.63, 3.8) is 0 Å². The van der Waals surface area contributed by atoms with Gasteiger partial charge in [0.2, 0.25) is 0 Å². The maximum Gasteiger partial charge on any atom is 0.0101 e. The Morgan fingerprint density at radius 3 is 2.28 bits per heavy atom. The highest BCUT2D eigenvalue weighted by Crippen LogP contribution is 2.44. The molecule has 0 aromatic carbocycles. The molecule has 3 rings (SSSR count). The Bertz CT molecular complexity index is 258. The van der Waals surface area contributed by atoms with Crippen LogP contribution in [0.2, 0.25) is 0 Å². The smallest absolute Gasteiger partial charge is 0.0101 e. The summed E-state index contributed by atoms with van der Waals surface area (Å²) in [5, 5.41) is 7.68. The predicted molar refractivity (Wildman–Crippen MR) is 76.7 cm³/mol. The minimum atomic E-state index is 0.808. The molecule has 3 atom stereocenters. The zero-order chi connectivity index (χ0) is 12.4. The van der Waals surface area contributed by atoms with Gasteiger partial charge in [0.1, 0.15) is 0 Å². The van der Waals surface area contributed by atoms with Gasteiger partial charge in [0.05, 0.1) is 0 Å². The number of nitrogens with one attached hydrogen (secondary N) is 2. The molecule has 18 heavy (non-hydrogen) atoms. The maximum absolute atomic E-state index is 4.00. The highest BCUT2D eigenvalue weighted by Gasteiger charge is 2.40. The molecule has 0 spiro atoms. The molecule has 3 unspecified atom stereocenters. The van der Waals surface area contributed by atoms with Gasteiger partial charge in [-0.2, -0.15) is 0 Å². The fraction of sp³-hybridized carbons (Fsp3) is 1.00. The fourth-order valence-electron chi connectivity index (χ4n) is 4.56. The zero-order valence-electron chi connectivity index (χ0n) is 12.0. The minimum absolute atomic E-state index is 0.808. The van der Waals surface area contributed by atoms with Gasteiger partial charge in [-0.05, 0) is 69.7 Å². The van der Waals surface area contributed by atoms with Crippen LogP contribution in [0, 0.1) is 11.8 Å². The van der Waals surface area contributed by atoms with Crippen molar-refractivity contribution in [2.24, 2.45) is 11.8 Å². The van der Waals surface area contributed by atoms with E-state index < -0.39 is 0 Å². The first-order valence-electron chi connectivity index (χ1n) is 8.34. The zero-order valence-corrected chi connectivity index (χ0v) is 12.0. The lowest BCUT2D eigenvalue weighted by atomic mass is 9.88. The van der Waals surface area contributed by atoms with Crippen LogP contribution < -0.4 is 10.6 Å². The Labute approximate surface area is 112 Å². The van der Waals surface area contributed by atoms with Gasteiger partial charge in [-0.3, -0.25) is 0 Å². The molecule has 3 aliphatic carbocycles. The molecule has 0 heterocycles. The van der Waals surface area contributed by atoms with Crippen LogP contribution in [0.15, 0.2) is 0 Å². The summed E-state index contributed by atoms with van der Waals surface area (Å²) >= 11 is 0. The summed E-state index contributed by atoms with van der Waals surface area (Å²) in [5.41, 5.74) is 0. The summed E-state index contributed by atoms with van der Waals surface area (Å²) < 4.78 is 0. The fourth-order valence-corrected chi connectivity index (χ4v) is 4.56. The Morgan fingerprint density at radius 2 is 1.67 bits per heavy atom. The summed E-state index contributed by atoms with van der Waals surface area (Å²) in [6.45, 7) is 3.46. The van der Waals surface area contributed by atoms with Crippen molar-refractivity contribution in [1.82, 2.24) is 10.6 Å². The lowest BCUT2D eigenvalue weighted by molar-refractivity contribution is 0.254. The van der Waals surface area contributed by atoms with E-state index in [4.69, 9.17) is 0 Å². The van der Waals surface area contributed by atoms with Crippen molar-refractivity contribution >= 4 is 0 Å². The van der Waals surface area contributed by atoms with Crippen LogP contribution in [-0.2, 0) is 0 Å². The van der Waals surface area contributed by atoms with E-state index in [1.54, 1.807) is 0 Å². The van der Waals surface area contributed by atoms with Crippen LogP contribution in [-0.4, -0.2) is 24.7 Å². The normalized spacial score (nSPS) is 43.5. The Balaban J connectivity index is 1.38. The summed E-state index contributed by atoms with van der Waals surface area (Å²) in [7, 11) is 0. The highest BCUT2D eigenvalue weighted by atomic mass is 15.0. The van der Waals surface area contributed by atoms with Crippen LogP contribution >= 0.6 is 0 Å². The van der Waals surface area contributed by atoms with E-state index in [2.05, 4.69) is 17.6 Å². The van der Waals surface area contributed by atoms with E-state index in [1.807, 2.05) is 0 Å². The first kappa shape index (κ1) is 12.9. The van der Waals surface area contributed by atoms with Gasteiger partial charge in [0.15, 0.2) is 0 Å². The molecule has 0 saturated heterocycles. The third kappa shape index (κ3) is 2.91. The topological polar surface area (TPSA) is 24.1 Å². The first-order valence-corrected chi connectivity index (χ1v) is 8.34. The first-order chi connectivity index (χ1) is 8.85. The summed E-state index contributed by atoms with van der Waals surface area (Å²) in [4.78, 5) is 0. The van der Waals surface area contributed by atoms with Gasteiger partial charge in [-0.25, -0.2) is 0 Å². The molecule has 3 saturated carbocycles. The van der Waals surface area contributed by atoms with Gasteiger partial charge in [-0.1, -0.05) is 13.3 Å². The van der Waals surface area contributed by atoms with Crippen molar-refractivity contribution in [3.05, 3.63) is 0 Å². The van der Waals surface area contributed by atoms with Crippen LogP contribution in [0.3, 0.4) is 0 Å². The van der Waals surface area contributed by atoms with Crippen LogP contribution in [0.5, 0.6) is 0 Å². The highest BCUT2D eigenvalue weighted by molar-refractivity contribution is 4.96. The van der Waals surface area contributed by atoms with Crippen molar-refractivity contribution in [2.45, 2.75) is 82.8 Å². The van der Waals surface area contributed by atoms with E-state index >= 15 is 0 Å². The van der Waals surface area contributed by atoms with E-state index in [1.165, 1.54) is 64.3 Å². The van der Waals surface area contributed by atoms with E-state index in [9.17, 15) is 0 Å². The molecule has 0 radical (unpaired) electrons. The molecular weight excluding hydrogens is 220 g/mol. The molecule has 0 aromatic rings. The summed E-state index contributed by atoms with van der Waals surface area (Å²) in [6, 6.07) is 2.52. The number of hydrogen-bond acceptors (Lipinski definition) is 2. The molecule has 2 heteroatoms. The summed E-state index contributed by atoms with van der Waals surface area (Å²) in [5.74, 6) is 2.11. The molecular formula is C16H30N2. The Morgan fingerprint density at radius 1 is 0.889 bits per heavy atom. The van der Waals surface area contributed by atoms with Crippen LogP contribution in [0.1, 0.15) is 64.7 Å². The third-order valence-corrected chi connectivity index (χ3v) is 5.60. The summed E-state index contributed by atoms with van der Waals surface area (Å²) in [6.07, 6.45) is 12.9. The maximum atomic E-state index is 4.00. The predicted octanol–water partition coefficient (Wildman–Crippen LogP) is 3.08. The lowest BCUT2D eigenvalue weighted by Crippen LogP contribution is -2.45. The molecule has 0 amide bonds. The second kappa shape index (κ2) is 5.92. The monoisotopic (exact) mass is 250 g/mol. The minimum Gasteiger partial charge on any atom is -0.314 e. The van der Waals surface area contributed by atoms with Crippen molar-refractivity contribution in [1.29, 1.82) is 0 Å². The van der Waals surface area contributed by atoms with Gasteiger partial charge in [0.25, 0.3) is 0 Å². The van der Waals surface area contributed by atoms with Gasteiger partial charge >= 0.3 is 0 Å². The van der Waals surface area contributed by atoms with Gasteiger partial charge < -0.3 is 10.6 Å². The third-order valence-electron chi connectivity index (χ3n) is 5.60. The van der Waals surface area contributed by atoms with Crippen LogP contribution in [0.4, 0.5) is 0 Å². The number of rotatable bonds is 5. The number of hydrogen-bond donors (Lipinski definition) is 2. The average Bonchev–Trinajstić information content (AvgIpc) is 3.00. The lowest BCUT2D eigenvalue weighted by Gasteiger charge is -2.34. The molecule has 3 fully saturated rings. The molecule has 3 aliphatic rings. The van der Waals surface area contributed by atoms with E-state index in [0.717, 1.165) is 30.0 Å². The second-order valence-corrected chi connectivity index (χ2v) is 6.95. The quantitative estimate of drug-likeness (QED) is 0.783. The van der Waals surface area contributed by atoms with E-state index in [0.29, 0.717) is 0 Å². The van der Waals surface area contributed by atoms with Gasteiger partial charge in [0, 0.05) is 18.1 Å². The molecule has 2 N–H and O–H groups in total. The Kier molecular flexibility index (Phi) is 4.25. The largest absolute Gasteiger partial charge is 0.314 e. The van der Waals surface area contributed by atoms with Crippen molar-refractivity contribution in [3.8, 4) is 0 Å². The van der Waals surface area contributed by atoms with Crippen LogP contribution in [0.25, 0.3) is 0 Å². The molecule has 104 valence electrons. The average molecular weight is 250 g/mol. The van der Waals surface area contributed by atoms with E-state index in [-0.39, 0.29) is 0 Å². The standard InChI is InChI=1S/C16H30N2/c1-2-9-17-14-5-7-15(8-6-14)18-16-11-12-3-4-13(16)10-12/h12-18H,2-11H2,1H3. The van der Waals surface area contributed by atoms with Crippen molar-refractivity contribution < 1.29 is 0 Å². The van der Waals surface area contributed by atoms with Crippen molar-refractivity contribution in [2.75, 3.05) is 6.54 Å². The van der Waals surface area contributed by atoms with Gasteiger partial charge in [-0.15, -0.1) is 0 Å². The second-order valence-electron chi connectivity index (χ2n) is 6.95.